The van der Waals surface area contributed by atoms with Gasteiger partial charge in [-0.25, -0.2) is 0 Å². The first-order valence-corrected chi connectivity index (χ1v) is 6.85. The summed E-state index contributed by atoms with van der Waals surface area (Å²) in [5.41, 5.74) is -1.18. The Bertz CT molecular complexity index is 489. The molecule has 1 aromatic rings. The van der Waals surface area contributed by atoms with Crippen LogP contribution in [-0.2, 0) is 9.53 Å². The minimum Gasteiger partial charge on any atom is -0.478 e. The fourth-order valence-electron chi connectivity index (χ4n) is 1.48. The van der Waals surface area contributed by atoms with Gasteiger partial charge < -0.3 is 14.8 Å². The van der Waals surface area contributed by atoms with Gasteiger partial charge in [-0.3, -0.25) is 4.79 Å². The lowest BCUT2D eigenvalue weighted by Crippen LogP contribution is -2.47. The molecule has 0 saturated heterocycles. The first-order valence-electron chi connectivity index (χ1n) is 6.47. The van der Waals surface area contributed by atoms with Crippen LogP contribution in [0.2, 0.25) is 5.02 Å². The normalized spacial score (nSPS) is 12.1. The fraction of sp³-hybridized carbons (Fsp3) is 0.500. The van der Waals surface area contributed by atoms with Crippen LogP contribution < -0.4 is 10.1 Å². The molecule has 0 saturated carbocycles. The highest BCUT2D eigenvalue weighted by Gasteiger charge is 2.30. The predicted octanol–water partition coefficient (Wildman–Crippen LogP) is 3.19. The number of nitrogens with one attached hydrogen (secondary N) is 1. The third kappa shape index (κ3) is 7.00. The van der Waals surface area contributed by atoms with E-state index in [1.165, 1.54) is 0 Å². The zero-order valence-electron chi connectivity index (χ0n) is 12.2. The van der Waals surface area contributed by atoms with Gasteiger partial charge in [0.05, 0.1) is 6.61 Å². The molecule has 1 N–H and O–H groups in total. The van der Waals surface area contributed by atoms with Gasteiger partial charge in [0, 0.05) is 11.6 Å². The largest absolute Gasteiger partial charge is 0.478 e. The lowest BCUT2D eigenvalue weighted by molar-refractivity contribution is -0.173. The number of halogens is 4. The van der Waals surface area contributed by atoms with Crippen LogP contribution in [0.1, 0.15) is 13.8 Å². The minimum atomic E-state index is -4.37. The molecule has 22 heavy (non-hydrogen) atoms. The molecule has 0 fully saturated rings. The number of carbonyl (C=O) groups is 1. The molecule has 8 heteroatoms. The second-order valence-corrected chi connectivity index (χ2v) is 5.43. The highest BCUT2D eigenvalue weighted by atomic mass is 35.5. The molecule has 0 aliphatic rings. The number of hydrogen-bond donors (Lipinski definition) is 1. The molecule has 0 heterocycles. The Morgan fingerprint density at radius 2 is 1.82 bits per heavy atom. The summed E-state index contributed by atoms with van der Waals surface area (Å²) in [5, 5.41) is 3.00. The Hall–Kier alpha value is -1.47. The van der Waals surface area contributed by atoms with Crippen LogP contribution in [0.15, 0.2) is 24.3 Å². The summed E-state index contributed by atoms with van der Waals surface area (Å²) in [5.74, 6) is -0.00377. The third-order valence-corrected chi connectivity index (χ3v) is 2.78. The number of amides is 1. The monoisotopic (exact) mass is 339 g/mol. The van der Waals surface area contributed by atoms with Gasteiger partial charge in [-0.1, -0.05) is 11.6 Å². The van der Waals surface area contributed by atoms with Crippen molar-refractivity contribution in [3.8, 4) is 5.75 Å². The van der Waals surface area contributed by atoms with E-state index in [1.807, 2.05) is 0 Å². The van der Waals surface area contributed by atoms with E-state index in [2.05, 4.69) is 10.1 Å². The van der Waals surface area contributed by atoms with Crippen molar-refractivity contribution in [1.82, 2.24) is 5.32 Å². The molecule has 124 valence electrons. The maximum Gasteiger partial charge on any atom is 0.411 e. The van der Waals surface area contributed by atoms with Gasteiger partial charge in [0.1, 0.15) is 12.4 Å². The van der Waals surface area contributed by atoms with Crippen molar-refractivity contribution in [2.75, 3.05) is 19.8 Å². The molecule has 0 aromatic heterocycles. The Kier molecular flexibility index (Phi) is 6.49. The first-order chi connectivity index (χ1) is 10.1. The predicted molar refractivity (Wildman–Crippen MR) is 76.0 cm³/mol. The highest BCUT2D eigenvalue weighted by Crippen LogP contribution is 2.21. The molecule has 0 atom stereocenters. The van der Waals surface area contributed by atoms with E-state index in [1.54, 1.807) is 38.1 Å². The van der Waals surface area contributed by atoms with Crippen molar-refractivity contribution in [2.45, 2.75) is 25.6 Å². The van der Waals surface area contributed by atoms with Crippen molar-refractivity contribution in [1.29, 1.82) is 0 Å². The van der Waals surface area contributed by atoms with Crippen LogP contribution in [0.3, 0.4) is 0 Å². The van der Waals surface area contributed by atoms with Crippen molar-refractivity contribution >= 4 is 17.5 Å². The number of rotatable bonds is 7. The van der Waals surface area contributed by atoms with E-state index in [4.69, 9.17) is 16.3 Å². The lowest BCUT2D eigenvalue weighted by atomic mass is 10.1. The van der Waals surface area contributed by atoms with E-state index in [0.29, 0.717) is 10.8 Å². The first kappa shape index (κ1) is 18.6. The van der Waals surface area contributed by atoms with Gasteiger partial charge in [-0.2, -0.15) is 13.2 Å². The summed E-state index contributed by atoms with van der Waals surface area (Å²) in [6.45, 7) is 1.49. The SMILES string of the molecule is CC(C)(Oc1ccc(Cl)cc1)C(=O)NCCOCC(F)(F)F. The molecule has 0 unspecified atom stereocenters. The van der Waals surface area contributed by atoms with Gasteiger partial charge in [0.25, 0.3) is 5.91 Å². The average Bonchev–Trinajstić information content (AvgIpc) is 2.39. The molecular weight excluding hydrogens is 323 g/mol. The van der Waals surface area contributed by atoms with Crippen LogP contribution in [0.5, 0.6) is 5.75 Å². The van der Waals surface area contributed by atoms with Crippen LogP contribution in [-0.4, -0.2) is 37.4 Å². The molecule has 4 nitrogen and oxygen atoms in total. The fourth-order valence-corrected chi connectivity index (χ4v) is 1.61. The summed E-state index contributed by atoms with van der Waals surface area (Å²) in [7, 11) is 0. The van der Waals surface area contributed by atoms with Gasteiger partial charge >= 0.3 is 6.18 Å². The number of benzene rings is 1. The number of hydrogen-bond acceptors (Lipinski definition) is 3. The summed E-state index contributed by atoms with van der Waals surface area (Å²) >= 11 is 5.75. The van der Waals surface area contributed by atoms with Crippen LogP contribution in [0.25, 0.3) is 0 Å². The molecule has 0 radical (unpaired) electrons. The van der Waals surface area contributed by atoms with Crippen LogP contribution in [0.4, 0.5) is 13.2 Å². The molecule has 0 aliphatic heterocycles. The van der Waals surface area contributed by atoms with Gasteiger partial charge in [0.15, 0.2) is 5.60 Å². The van der Waals surface area contributed by atoms with E-state index < -0.39 is 24.3 Å². The molecule has 0 spiro atoms. The van der Waals surface area contributed by atoms with Crippen molar-refractivity contribution < 1.29 is 27.4 Å². The van der Waals surface area contributed by atoms with Crippen molar-refractivity contribution in [2.24, 2.45) is 0 Å². The summed E-state index contributed by atoms with van der Waals surface area (Å²) < 4.78 is 45.5. The number of ether oxygens (including phenoxy) is 2. The molecular formula is C14H17ClF3NO3. The summed E-state index contributed by atoms with van der Waals surface area (Å²) in [4.78, 5) is 12.0. The van der Waals surface area contributed by atoms with E-state index in [9.17, 15) is 18.0 Å². The van der Waals surface area contributed by atoms with E-state index >= 15 is 0 Å². The third-order valence-electron chi connectivity index (χ3n) is 2.53. The molecule has 0 bridgehead atoms. The molecule has 1 amide bonds. The second kappa shape index (κ2) is 7.69. The zero-order chi connectivity index (χ0) is 16.8. The molecule has 1 rings (SSSR count). The lowest BCUT2D eigenvalue weighted by Gasteiger charge is -2.25. The standard InChI is InChI=1S/C14H17ClF3NO3/c1-13(2,22-11-5-3-10(15)4-6-11)12(20)19-7-8-21-9-14(16,17)18/h3-6H,7-9H2,1-2H3,(H,19,20). The Labute approximate surface area is 131 Å². The average molecular weight is 340 g/mol. The smallest absolute Gasteiger partial charge is 0.411 e. The van der Waals surface area contributed by atoms with Crippen molar-refractivity contribution in [3.63, 3.8) is 0 Å². The Morgan fingerprint density at radius 3 is 2.36 bits per heavy atom. The maximum atomic E-state index is 12.0. The second-order valence-electron chi connectivity index (χ2n) is 4.99. The van der Waals surface area contributed by atoms with E-state index in [-0.39, 0.29) is 13.2 Å². The highest BCUT2D eigenvalue weighted by molar-refractivity contribution is 6.30. The number of carbonyl (C=O) groups excluding carboxylic acids is 1. The quantitative estimate of drug-likeness (QED) is 0.776. The van der Waals surface area contributed by atoms with Crippen LogP contribution >= 0.6 is 11.6 Å². The van der Waals surface area contributed by atoms with Gasteiger partial charge in [0.2, 0.25) is 0 Å². The summed E-state index contributed by atoms with van der Waals surface area (Å²) in [6.07, 6.45) is -4.37. The van der Waals surface area contributed by atoms with Crippen molar-refractivity contribution in [3.05, 3.63) is 29.3 Å². The maximum absolute atomic E-state index is 12.0. The summed E-state index contributed by atoms with van der Waals surface area (Å²) in [6, 6.07) is 6.47. The topological polar surface area (TPSA) is 47.6 Å². The Morgan fingerprint density at radius 1 is 1.23 bits per heavy atom. The Balaban J connectivity index is 2.38. The minimum absolute atomic E-state index is 0.0394. The molecule has 1 aromatic carbocycles. The van der Waals surface area contributed by atoms with E-state index in [0.717, 1.165) is 0 Å². The van der Waals surface area contributed by atoms with Gasteiger partial charge in [-0.05, 0) is 38.1 Å². The zero-order valence-corrected chi connectivity index (χ0v) is 12.9. The van der Waals surface area contributed by atoms with Crippen LogP contribution in [0, 0.1) is 0 Å². The number of alkyl halides is 3. The molecule has 0 aliphatic carbocycles. The van der Waals surface area contributed by atoms with Gasteiger partial charge in [-0.15, -0.1) is 0 Å².